The van der Waals surface area contributed by atoms with Gasteiger partial charge in [0.1, 0.15) is 17.5 Å². The number of nitrogens with one attached hydrogen (secondary N) is 1. The molecule has 1 aliphatic carbocycles. The molecule has 0 radical (unpaired) electrons. The Kier molecular flexibility index (Phi) is 7.06. The van der Waals surface area contributed by atoms with Gasteiger partial charge in [0, 0.05) is 23.0 Å². The molecule has 180 valence electrons. The van der Waals surface area contributed by atoms with E-state index in [9.17, 15) is 22.2 Å². The molecule has 2 aromatic carbocycles. The Morgan fingerprint density at radius 3 is 2.56 bits per heavy atom. The number of rotatable bonds is 6. The van der Waals surface area contributed by atoms with Crippen LogP contribution in [0, 0.1) is 12.7 Å². The van der Waals surface area contributed by atoms with Crippen molar-refractivity contribution in [3.63, 3.8) is 0 Å². The first-order valence-corrected chi connectivity index (χ1v) is 12.9. The minimum atomic E-state index is -4.46. The minimum Gasteiger partial charge on any atom is -0.367 e. The van der Waals surface area contributed by atoms with Crippen LogP contribution >= 0.6 is 11.6 Å². The second kappa shape index (κ2) is 9.85. The van der Waals surface area contributed by atoms with Gasteiger partial charge in [0.2, 0.25) is 0 Å². The van der Waals surface area contributed by atoms with Gasteiger partial charge in [0.25, 0.3) is 16.0 Å². The van der Waals surface area contributed by atoms with E-state index in [1.54, 1.807) is 0 Å². The summed E-state index contributed by atoms with van der Waals surface area (Å²) in [6.07, 6.45) is 2.41. The van der Waals surface area contributed by atoms with E-state index in [0.29, 0.717) is 25.7 Å². The lowest BCUT2D eigenvalue weighted by molar-refractivity contribution is 0.0668. The van der Waals surface area contributed by atoms with Crippen molar-refractivity contribution in [2.45, 2.75) is 44.7 Å². The molecular weight excluding hydrogens is 481 g/mol. The van der Waals surface area contributed by atoms with Crippen molar-refractivity contribution in [1.82, 2.24) is 9.88 Å². The molecule has 0 saturated heterocycles. The van der Waals surface area contributed by atoms with Crippen LogP contribution < -0.4 is 5.32 Å². The highest BCUT2D eigenvalue weighted by molar-refractivity contribution is 7.85. The zero-order valence-corrected chi connectivity index (χ0v) is 20.1. The number of carbonyl (C=O) groups is 1. The summed E-state index contributed by atoms with van der Waals surface area (Å²) in [6.45, 7) is 2.03. The summed E-state index contributed by atoms with van der Waals surface area (Å²) in [7, 11) is -4.46. The monoisotopic (exact) mass is 505 g/mol. The molecule has 3 aromatic rings. The van der Waals surface area contributed by atoms with E-state index in [1.165, 1.54) is 6.07 Å². The highest BCUT2D eigenvalue weighted by atomic mass is 35.5. The van der Waals surface area contributed by atoms with Crippen molar-refractivity contribution in [3.05, 3.63) is 70.5 Å². The number of aryl methyl sites for hydroxylation is 1. The third-order valence-electron chi connectivity index (χ3n) is 6.14. The molecule has 0 aliphatic heterocycles. The fourth-order valence-corrected chi connectivity index (χ4v) is 5.33. The van der Waals surface area contributed by atoms with E-state index >= 15 is 0 Å². The van der Waals surface area contributed by atoms with Crippen LogP contribution in [0.15, 0.2) is 48.5 Å². The number of fused-ring (bicyclic) bond motifs is 1. The van der Waals surface area contributed by atoms with Crippen molar-refractivity contribution in [2.75, 3.05) is 11.2 Å². The smallest absolute Gasteiger partial charge is 0.283 e. The summed E-state index contributed by atoms with van der Waals surface area (Å²) < 4.78 is 46.2. The van der Waals surface area contributed by atoms with Gasteiger partial charge >= 0.3 is 0 Å². The summed E-state index contributed by atoms with van der Waals surface area (Å²) in [5.74, 6) is -1.37. The van der Waals surface area contributed by atoms with Gasteiger partial charge in [-0.2, -0.15) is 8.42 Å². The number of amides is 1. The number of benzene rings is 2. The van der Waals surface area contributed by atoms with Gasteiger partial charge in [0.15, 0.2) is 0 Å². The van der Waals surface area contributed by atoms with E-state index in [4.69, 9.17) is 11.6 Å². The fourth-order valence-electron chi connectivity index (χ4n) is 4.46. The fraction of sp³-hybridized carbons (Fsp3) is 0.333. The molecular formula is C24H25ClFN3O4S. The summed E-state index contributed by atoms with van der Waals surface area (Å²) in [4.78, 5) is 18.9. The van der Waals surface area contributed by atoms with Crippen molar-refractivity contribution >= 4 is 44.3 Å². The molecule has 2 N–H and O–H groups in total. The lowest BCUT2D eigenvalue weighted by atomic mass is 9.90. The van der Waals surface area contributed by atoms with Crippen LogP contribution in [-0.2, 0) is 10.1 Å². The lowest BCUT2D eigenvalue weighted by Crippen LogP contribution is -2.46. The van der Waals surface area contributed by atoms with E-state index in [0.717, 1.165) is 39.3 Å². The molecule has 10 heteroatoms. The quantitative estimate of drug-likeness (QED) is 0.455. The Balaban J connectivity index is 1.47. The lowest BCUT2D eigenvalue weighted by Gasteiger charge is -2.36. The van der Waals surface area contributed by atoms with E-state index in [2.05, 4.69) is 10.3 Å². The number of anilines is 1. The first-order valence-electron chi connectivity index (χ1n) is 10.9. The maximum absolute atomic E-state index is 13.5. The van der Waals surface area contributed by atoms with Crippen molar-refractivity contribution in [3.8, 4) is 0 Å². The molecule has 0 bridgehead atoms. The Morgan fingerprint density at radius 2 is 1.88 bits per heavy atom. The Hall–Kier alpha value is -2.75. The second-order valence-corrected chi connectivity index (χ2v) is 10.4. The van der Waals surface area contributed by atoms with Gasteiger partial charge in [-0.15, -0.1) is 0 Å². The Morgan fingerprint density at radius 1 is 1.18 bits per heavy atom. The van der Waals surface area contributed by atoms with Crippen molar-refractivity contribution in [2.24, 2.45) is 0 Å². The van der Waals surface area contributed by atoms with Crippen LogP contribution in [0.5, 0.6) is 0 Å². The van der Waals surface area contributed by atoms with Crippen LogP contribution in [-0.4, -0.2) is 46.7 Å². The Labute approximate surface area is 202 Å². The summed E-state index contributed by atoms with van der Waals surface area (Å²) in [5, 5.41) is 4.32. The number of hydrogen-bond donors (Lipinski definition) is 2. The zero-order valence-electron chi connectivity index (χ0n) is 18.5. The number of aromatic nitrogens is 1. The predicted octanol–water partition coefficient (Wildman–Crippen LogP) is 5.05. The zero-order chi connectivity index (χ0) is 24.5. The average molecular weight is 506 g/mol. The van der Waals surface area contributed by atoms with Crippen LogP contribution in [0.3, 0.4) is 0 Å². The van der Waals surface area contributed by atoms with Gasteiger partial charge in [0.05, 0.1) is 10.5 Å². The standard InChI is InChI=1S/C24H25ClFN3O4S/c1-15-12-23(28-22-5-3-2-4-19(15)22)27-17-7-9-18(10-8-17)29(14-34(31,32)33)24(30)16-6-11-21(26)20(25)13-16/h2-6,11-13,17-18H,7-10,14H2,1H3,(H,27,28)(H,31,32,33). The summed E-state index contributed by atoms with van der Waals surface area (Å²) in [5.41, 5.74) is 2.08. The van der Waals surface area contributed by atoms with Crippen LogP contribution in [0.2, 0.25) is 5.02 Å². The minimum absolute atomic E-state index is 0.0612. The molecule has 1 saturated carbocycles. The molecule has 4 rings (SSSR count). The summed E-state index contributed by atoms with van der Waals surface area (Å²) in [6, 6.07) is 13.1. The number of para-hydroxylation sites is 1. The van der Waals surface area contributed by atoms with Crippen molar-refractivity contribution < 1.29 is 22.2 Å². The molecule has 1 heterocycles. The summed E-state index contributed by atoms with van der Waals surface area (Å²) >= 11 is 5.80. The number of nitrogens with zero attached hydrogens (tertiary/aromatic N) is 2. The van der Waals surface area contributed by atoms with Gasteiger partial charge in [-0.1, -0.05) is 29.8 Å². The number of pyridine rings is 1. The molecule has 0 spiro atoms. The van der Waals surface area contributed by atoms with Crippen LogP contribution in [0.1, 0.15) is 41.6 Å². The second-order valence-electron chi connectivity index (χ2n) is 8.61. The normalized spacial score (nSPS) is 18.6. The van der Waals surface area contributed by atoms with Gasteiger partial charge in [-0.25, -0.2) is 9.37 Å². The van der Waals surface area contributed by atoms with Gasteiger partial charge in [-0.3, -0.25) is 9.35 Å². The number of hydrogen-bond acceptors (Lipinski definition) is 5. The average Bonchev–Trinajstić information content (AvgIpc) is 2.79. The van der Waals surface area contributed by atoms with E-state index in [1.807, 2.05) is 37.3 Å². The number of carbonyl (C=O) groups excluding carboxylic acids is 1. The highest BCUT2D eigenvalue weighted by Crippen LogP contribution is 2.29. The largest absolute Gasteiger partial charge is 0.367 e. The van der Waals surface area contributed by atoms with Gasteiger partial charge in [-0.05, 0) is 68.5 Å². The molecule has 7 nitrogen and oxygen atoms in total. The van der Waals surface area contributed by atoms with Crippen molar-refractivity contribution in [1.29, 1.82) is 0 Å². The van der Waals surface area contributed by atoms with Gasteiger partial charge < -0.3 is 10.2 Å². The third kappa shape index (κ3) is 5.65. The first-order chi connectivity index (χ1) is 16.1. The number of halogens is 2. The maximum atomic E-state index is 13.5. The Bertz CT molecular complexity index is 1330. The molecule has 34 heavy (non-hydrogen) atoms. The topological polar surface area (TPSA) is 99.6 Å². The molecule has 1 aliphatic rings. The van der Waals surface area contributed by atoms with E-state index < -0.39 is 33.8 Å². The maximum Gasteiger partial charge on any atom is 0.283 e. The first kappa shape index (κ1) is 24.4. The molecule has 0 atom stereocenters. The SMILES string of the molecule is Cc1cc(NC2CCC(N(CS(=O)(=O)O)C(=O)c3ccc(F)c(Cl)c3)CC2)nc2ccccc12. The molecule has 0 unspecified atom stereocenters. The molecule has 1 aromatic heterocycles. The predicted molar refractivity (Wildman–Crippen MR) is 130 cm³/mol. The molecule has 1 fully saturated rings. The van der Waals surface area contributed by atoms with Crippen LogP contribution in [0.4, 0.5) is 10.2 Å². The molecule has 1 amide bonds. The third-order valence-corrected chi connectivity index (χ3v) is 7.04. The van der Waals surface area contributed by atoms with E-state index in [-0.39, 0.29) is 16.6 Å². The van der Waals surface area contributed by atoms with Crippen LogP contribution in [0.25, 0.3) is 10.9 Å². The highest BCUT2D eigenvalue weighted by Gasteiger charge is 2.32.